The first-order chi connectivity index (χ1) is 14.9. The van der Waals surface area contributed by atoms with E-state index in [2.05, 4.69) is 9.82 Å². The molecule has 4 aromatic rings. The number of hydrogen-bond donors (Lipinski definition) is 1. The molecule has 0 atom stereocenters. The third-order valence-corrected chi connectivity index (χ3v) is 6.43. The minimum absolute atomic E-state index is 0.0396. The molecule has 1 heterocycles. The summed E-state index contributed by atoms with van der Waals surface area (Å²) in [6.45, 7) is 0.0396. The van der Waals surface area contributed by atoms with Gasteiger partial charge in [0.1, 0.15) is 5.75 Å². The molecule has 0 unspecified atom stereocenters. The van der Waals surface area contributed by atoms with Crippen LogP contribution in [0.5, 0.6) is 5.75 Å². The Bertz CT molecular complexity index is 1410. The van der Waals surface area contributed by atoms with Crippen LogP contribution in [0.2, 0.25) is 0 Å². The highest BCUT2D eigenvalue weighted by Gasteiger charge is 2.16. The predicted octanol–water partition coefficient (Wildman–Crippen LogP) is 3.09. The Morgan fingerprint density at radius 1 is 0.968 bits per heavy atom. The first-order valence-electron chi connectivity index (χ1n) is 9.59. The van der Waals surface area contributed by atoms with Gasteiger partial charge < -0.3 is 4.74 Å². The predicted molar refractivity (Wildman–Crippen MR) is 119 cm³/mol. The summed E-state index contributed by atoms with van der Waals surface area (Å²) in [6.07, 6.45) is 0. The van der Waals surface area contributed by atoms with E-state index in [-0.39, 0.29) is 17.0 Å². The zero-order valence-electron chi connectivity index (χ0n) is 17.1. The van der Waals surface area contributed by atoms with Crippen LogP contribution < -0.4 is 15.0 Å². The molecule has 4 rings (SSSR count). The number of aromatic nitrogens is 2. The maximum Gasteiger partial charge on any atom is 0.274 e. The number of ether oxygens (including phenoxy) is 1. The smallest absolute Gasteiger partial charge is 0.274 e. The summed E-state index contributed by atoms with van der Waals surface area (Å²) in [5.41, 5.74) is 1.86. The summed E-state index contributed by atoms with van der Waals surface area (Å²) in [5, 5.41) is 5.74. The van der Waals surface area contributed by atoms with Gasteiger partial charge in [0.05, 0.1) is 23.1 Å². The van der Waals surface area contributed by atoms with E-state index in [1.54, 1.807) is 37.4 Å². The van der Waals surface area contributed by atoms with Gasteiger partial charge in [0, 0.05) is 30.1 Å². The zero-order chi connectivity index (χ0) is 22.0. The van der Waals surface area contributed by atoms with E-state index < -0.39 is 10.0 Å². The molecule has 7 nitrogen and oxygen atoms in total. The van der Waals surface area contributed by atoms with Crippen molar-refractivity contribution in [3.63, 3.8) is 0 Å². The van der Waals surface area contributed by atoms with E-state index in [4.69, 9.17) is 4.74 Å². The standard InChI is InChI=1S/C23H21N3O4S/c1-26-23(27)20-11-7-6-10-19(20)22(25-26)16-12-13-21(30-2)17(14-16)15-24-31(28,29)18-8-4-3-5-9-18/h3-14,24H,15H2,1-2H3. The molecule has 0 aliphatic heterocycles. The molecular weight excluding hydrogens is 414 g/mol. The number of aryl methyl sites for hydroxylation is 1. The number of sulfonamides is 1. The topological polar surface area (TPSA) is 90.3 Å². The molecule has 0 saturated heterocycles. The van der Waals surface area contributed by atoms with Crippen LogP contribution in [-0.4, -0.2) is 25.3 Å². The van der Waals surface area contributed by atoms with Gasteiger partial charge in [-0.1, -0.05) is 36.4 Å². The molecule has 0 aliphatic rings. The van der Waals surface area contributed by atoms with Crippen LogP contribution in [0.15, 0.2) is 82.5 Å². The van der Waals surface area contributed by atoms with Crippen LogP contribution in [0.4, 0.5) is 0 Å². The number of hydrogen-bond acceptors (Lipinski definition) is 5. The van der Waals surface area contributed by atoms with E-state index >= 15 is 0 Å². The van der Waals surface area contributed by atoms with Crippen molar-refractivity contribution in [2.24, 2.45) is 7.05 Å². The van der Waals surface area contributed by atoms with E-state index in [1.165, 1.54) is 23.9 Å². The summed E-state index contributed by atoms with van der Waals surface area (Å²) in [6, 6.07) is 20.9. The molecule has 158 valence electrons. The number of fused-ring (bicyclic) bond motifs is 1. The molecule has 0 spiro atoms. The van der Waals surface area contributed by atoms with Crippen LogP contribution >= 0.6 is 0 Å². The molecule has 0 radical (unpaired) electrons. The first-order valence-corrected chi connectivity index (χ1v) is 11.1. The Kier molecular flexibility index (Phi) is 5.58. The van der Waals surface area contributed by atoms with Crippen molar-refractivity contribution in [2.75, 3.05) is 7.11 Å². The number of benzene rings is 3. The van der Waals surface area contributed by atoms with E-state index in [9.17, 15) is 13.2 Å². The lowest BCUT2D eigenvalue weighted by Crippen LogP contribution is -2.23. The third kappa shape index (κ3) is 4.08. The summed E-state index contributed by atoms with van der Waals surface area (Å²) >= 11 is 0. The van der Waals surface area contributed by atoms with Crippen molar-refractivity contribution in [1.29, 1.82) is 0 Å². The average molecular weight is 436 g/mol. The third-order valence-electron chi connectivity index (χ3n) is 5.02. The molecule has 1 aromatic heterocycles. The monoisotopic (exact) mass is 435 g/mol. The second kappa shape index (κ2) is 8.33. The quantitative estimate of drug-likeness (QED) is 0.503. The average Bonchev–Trinajstić information content (AvgIpc) is 2.80. The maximum absolute atomic E-state index is 12.6. The molecule has 0 saturated carbocycles. The lowest BCUT2D eigenvalue weighted by Gasteiger charge is -2.13. The summed E-state index contributed by atoms with van der Waals surface area (Å²) < 4.78 is 34.6. The van der Waals surface area contributed by atoms with Crippen molar-refractivity contribution >= 4 is 20.8 Å². The van der Waals surface area contributed by atoms with Crippen LogP contribution in [0.25, 0.3) is 22.0 Å². The fourth-order valence-corrected chi connectivity index (χ4v) is 4.46. The fourth-order valence-electron chi connectivity index (χ4n) is 3.43. The number of rotatable bonds is 6. The molecule has 0 fully saturated rings. The Morgan fingerprint density at radius 2 is 1.65 bits per heavy atom. The lowest BCUT2D eigenvalue weighted by atomic mass is 10.0. The second-order valence-electron chi connectivity index (χ2n) is 6.99. The molecular formula is C23H21N3O4S. The molecule has 3 aromatic carbocycles. The summed E-state index contributed by atoms with van der Waals surface area (Å²) in [4.78, 5) is 12.6. The van der Waals surface area contributed by atoms with Gasteiger partial charge in [0.15, 0.2) is 0 Å². The van der Waals surface area contributed by atoms with Crippen molar-refractivity contribution in [1.82, 2.24) is 14.5 Å². The Morgan fingerprint density at radius 3 is 2.35 bits per heavy atom. The van der Waals surface area contributed by atoms with Crippen LogP contribution in [0.3, 0.4) is 0 Å². The molecule has 31 heavy (non-hydrogen) atoms. The van der Waals surface area contributed by atoms with Crippen LogP contribution in [0.1, 0.15) is 5.56 Å². The number of nitrogens with zero attached hydrogens (tertiary/aromatic N) is 2. The van der Waals surface area contributed by atoms with Crippen molar-refractivity contribution < 1.29 is 13.2 Å². The molecule has 0 amide bonds. The maximum atomic E-state index is 12.6. The largest absolute Gasteiger partial charge is 0.496 e. The van der Waals surface area contributed by atoms with Gasteiger partial charge in [-0.3, -0.25) is 4.79 Å². The van der Waals surface area contributed by atoms with Gasteiger partial charge >= 0.3 is 0 Å². The summed E-state index contributed by atoms with van der Waals surface area (Å²) in [5.74, 6) is 0.550. The van der Waals surface area contributed by atoms with Crippen LogP contribution in [-0.2, 0) is 23.6 Å². The van der Waals surface area contributed by atoms with Gasteiger partial charge in [-0.05, 0) is 36.4 Å². The SMILES string of the molecule is COc1ccc(-c2nn(C)c(=O)c3ccccc23)cc1CNS(=O)(=O)c1ccccc1. The normalized spacial score (nSPS) is 11.5. The van der Waals surface area contributed by atoms with Gasteiger partial charge in [0.2, 0.25) is 10.0 Å². The van der Waals surface area contributed by atoms with E-state index in [1.807, 2.05) is 30.3 Å². The fraction of sp³-hybridized carbons (Fsp3) is 0.130. The van der Waals surface area contributed by atoms with Gasteiger partial charge in [0.25, 0.3) is 5.56 Å². The summed E-state index contributed by atoms with van der Waals surface area (Å²) in [7, 11) is -0.535. The Hall–Kier alpha value is -3.49. The molecule has 0 aliphatic carbocycles. The molecule has 0 bridgehead atoms. The van der Waals surface area contributed by atoms with Gasteiger partial charge in [-0.2, -0.15) is 5.10 Å². The lowest BCUT2D eigenvalue weighted by molar-refractivity contribution is 0.409. The number of methoxy groups -OCH3 is 1. The van der Waals surface area contributed by atoms with Crippen molar-refractivity contribution in [2.45, 2.75) is 11.4 Å². The highest BCUT2D eigenvalue weighted by molar-refractivity contribution is 7.89. The minimum atomic E-state index is -3.67. The van der Waals surface area contributed by atoms with Gasteiger partial charge in [-0.25, -0.2) is 17.8 Å². The minimum Gasteiger partial charge on any atom is -0.496 e. The zero-order valence-corrected chi connectivity index (χ0v) is 17.9. The van der Waals surface area contributed by atoms with Gasteiger partial charge in [-0.15, -0.1) is 0 Å². The highest BCUT2D eigenvalue weighted by atomic mass is 32.2. The number of nitrogens with one attached hydrogen (secondary N) is 1. The Balaban J connectivity index is 1.75. The highest BCUT2D eigenvalue weighted by Crippen LogP contribution is 2.29. The van der Waals surface area contributed by atoms with E-state index in [0.29, 0.717) is 22.4 Å². The molecule has 1 N–H and O–H groups in total. The molecule has 8 heteroatoms. The van der Waals surface area contributed by atoms with E-state index in [0.717, 1.165) is 10.9 Å². The Labute approximate surface area is 180 Å². The van der Waals surface area contributed by atoms with Crippen molar-refractivity contribution in [3.8, 4) is 17.0 Å². The first kappa shape index (κ1) is 20.8. The van der Waals surface area contributed by atoms with Crippen LogP contribution in [0, 0.1) is 0 Å². The second-order valence-corrected chi connectivity index (χ2v) is 8.75. The van der Waals surface area contributed by atoms with Crippen molar-refractivity contribution in [3.05, 3.63) is 88.7 Å².